The highest BCUT2D eigenvalue weighted by molar-refractivity contribution is 6.30. The van der Waals surface area contributed by atoms with E-state index in [1.807, 2.05) is 0 Å². The highest BCUT2D eigenvalue weighted by Crippen LogP contribution is 2.34. The van der Waals surface area contributed by atoms with Crippen molar-refractivity contribution in [2.75, 3.05) is 24.7 Å². The van der Waals surface area contributed by atoms with Gasteiger partial charge in [0, 0.05) is 23.5 Å². The second kappa shape index (κ2) is 9.91. The van der Waals surface area contributed by atoms with Gasteiger partial charge in [0.15, 0.2) is 0 Å². The number of fused-ring (bicyclic) bond motifs is 1. The molecule has 0 aliphatic heterocycles. The first kappa shape index (κ1) is 23.2. The molecule has 0 bridgehead atoms. The average Bonchev–Trinajstić information content (AvgIpc) is 3.18. The van der Waals surface area contributed by atoms with Crippen LogP contribution < -0.4 is 10.6 Å². The smallest absolute Gasteiger partial charge is 0.294 e. The Morgan fingerprint density at radius 2 is 1.91 bits per heavy atom. The first-order valence-electron chi connectivity index (χ1n) is 10.9. The number of hydrogen-bond acceptors (Lipinski definition) is 6. The fourth-order valence-corrected chi connectivity index (χ4v) is 4.34. The Bertz CT molecular complexity index is 1150. The van der Waals surface area contributed by atoms with Gasteiger partial charge >= 0.3 is 0 Å². The largest absolute Gasteiger partial charge is 0.449 e. The fraction of sp³-hybridized carbons (Fsp3) is 0.375. The number of furan rings is 1. The van der Waals surface area contributed by atoms with Crippen LogP contribution in [0.2, 0.25) is 5.02 Å². The van der Waals surface area contributed by atoms with Crippen LogP contribution >= 0.6 is 11.6 Å². The van der Waals surface area contributed by atoms with E-state index in [1.165, 1.54) is 6.20 Å². The van der Waals surface area contributed by atoms with Crippen LogP contribution in [0.3, 0.4) is 0 Å². The molecule has 1 saturated carbocycles. The minimum Gasteiger partial charge on any atom is -0.449 e. The number of carbonyl (C=O) groups is 2. The molecule has 174 valence electrons. The molecule has 8 nitrogen and oxygen atoms in total. The monoisotopic (exact) mass is 470 g/mol. The Balaban J connectivity index is 1.61. The zero-order valence-corrected chi connectivity index (χ0v) is 19.4. The molecule has 9 heteroatoms. The van der Waals surface area contributed by atoms with Gasteiger partial charge in [0.05, 0.1) is 11.6 Å². The van der Waals surface area contributed by atoms with Crippen LogP contribution in [0, 0.1) is 5.92 Å². The molecule has 1 aliphatic carbocycles. The lowest BCUT2D eigenvalue weighted by Crippen LogP contribution is -2.35. The summed E-state index contributed by atoms with van der Waals surface area (Å²) in [6.07, 6.45) is 4.88. The van der Waals surface area contributed by atoms with E-state index in [0.717, 1.165) is 25.7 Å². The predicted octanol–water partition coefficient (Wildman–Crippen LogP) is 4.28. The number of halogens is 1. The van der Waals surface area contributed by atoms with Gasteiger partial charge in [-0.3, -0.25) is 9.59 Å². The maximum Gasteiger partial charge on any atom is 0.294 e. The Morgan fingerprint density at radius 1 is 1.15 bits per heavy atom. The topological polar surface area (TPSA) is 108 Å². The predicted molar refractivity (Wildman–Crippen MR) is 127 cm³/mol. The summed E-state index contributed by atoms with van der Waals surface area (Å²) in [6, 6.07) is 8.77. The van der Waals surface area contributed by atoms with Gasteiger partial charge in [0.2, 0.25) is 11.7 Å². The summed E-state index contributed by atoms with van der Waals surface area (Å²) in [5.74, 6) is -0.533. The summed E-state index contributed by atoms with van der Waals surface area (Å²) < 4.78 is 5.82. The number of benzene rings is 1. The Labute approximate surface area is 196 Å². The van der Waals surface area contributed by atoms with Crippen LogP contribution in [0.1, 0.15) is 41.8 Å². The lowest BCUT2D eigenvalue weighted by atomic mass is 9.85. The van der Waals surface area contributed by atoms with Crippen LogP contribution in [0.4, 0.5) is 11.5 Å². The van der Waals surface area contributed by atoms with Crippen LogP contribution in [-0.4, -0.2) is 46.9 Å². The SMILES string of the molecule is CN(C)[C@H]1CC[C@H](C(=O)Nc2c(C(=O)Nc3ccc(Cl)cn3)oc3ccc(CO)cc23)CC1. The number of pyridine rings is 1. The number of amides is 2. The van der Waals surface area contributed by atoms with Gasteiger partial charge < -0.3 is 25.1 Å². The van der Waals surface area contributed by atoms with Crippen molar-refractivity contribution in [1.29, 1.82) is 0 Å². The normalized spacial score (nSPS) is 18.5. The summed E-state index contributed by atoms with van der Waals surface area (Å²) in [6.45, 7) is -0.167. The lowest BCUT2D eigenvalue weighted by Gasteiger charge is -2.31. The Hall–Kier alpha value is -2.94. The van der Waals surface area contributed by atoms with E-state index in [4.69, 9.17) is 16.0 Å². The first-order chi connectivity index (χ1) is 15.9. The second-order valence-electron chi connectivity index (χ2n) is 8.57. The molecular weight excluding hydrogens is 444 g/mol. The van der Waals surface area contributed by atoms with Crippen molar-refractivity contribution in [3.8, 4) is 0 Å². The maximum atomic E-state index is 13.1. The fourth-order valence-electron chi connectivity index (χ4n) is 4.23. The number of nitrogens with zero attached hydrogens (tertiary/aromatic N) is 2. The van der Waals surface area contributed by atoms with Crippen LogP contribution in [-0.2, 0) is 11.4 Å². The zero-order chi connectivity index (χ0) is 23.5. The third-order valence-electron chi connectivity index (χ3n) is 6.16. The molecule has 2 amide bonds. The van der Waals surface area contributed by atoms with Crippen molar-refractivity contribution in [2.45, 2.75) is 38.3 Å². The van der Waals surface area contributed by atoms with Gasteiger partial charge in [0.25, 0.3) is 5.91 Å². The van der Waals surface area contributed by atoms with Crippen molar-refractivity contribution in [2.24, 2.45) is 5.92 Å². The van der Waals surface area contributed by atoms with Gasteiger partial charge in [-0.25, -0.2) is 4.98 Å². The summed E-state index contributed by atoms with van der Waals surface area (Å²) >= 11 is 5.87. The molecule has 0 atom stereocenters. The van der Waals surface area contributed by atoms with Crippen LogP contribution in [0.5, 0.6) is 0 Å². The van der Waals surface area contributed by atoms with E-state index < -0.39 is 5.91 Å². The van der Waals surface area contributed by atoms with Gasteiger partial charge in [-0.15, -0.1) is 0 Å². The van der Waals surface area contributed by atoms with E-state index in [2.05, 4.69) is 34.6 Å². The van der Waals surface area contributed by atoms with Crippen molar-refractivity contribution >= 4 is 45.9 Å². The number of aliphatic hydroxyl groups is 1. The highest BCUT2D eigenvalue weighted by Gasteiger charge is 2.30. The maximum absolute atomic E-state index is 13.1. The second-order valence-corrected chi connectivity index (χ2v) is 9.01. The molecule has 0 saturated heterocycles. The van der Waals surface area contributed by atoms with E-state index in [9.17, 15) is 14.7 Å². The first-order valence-corrected chi connectivity index (χ1v) is 11.3. The Kier molecular flexibility index (Phi) is 6.97. The number of anilines is 2. The van der Waals surface area contributed by atoms with E-state index >= 15 is 0 Å². The minimum absolute atomic E-state index is 0.0211. The number of rotatable bonds is 6. The summed E-state index contributed by atoms with van der Waals surface area (Å²) in [7, 11) is 4.11. The molecule has 0 unspecified atom stereocenters. The summed E-state index contributed by atoms with van der Waals surface area (Å²) in [5, 5.41) is 16.2. The number of hydrogen-bond donors (Lipinski definition) is 3. The van der Waals surface area contributed by atoms with Gasteiger partial charge in [-0.05, 0) is 69.6 Å². The molecule has 33 heavy (non-hydrogen) atoms. The van der Waals surface area contributed by atoms with E-state index in [-0.39, 0.29) is 24.2 Å². The lowest BCUT2D eigenvalue weighted by molar-refractivity contribution is -0.121. The van der Waals surface area contributed by atoms with Gasteiger partial charge in [-0.2, -0.15) is 0 Å². The van der Waals surface area contributed by atoms with Crippen molar-refractivity contribution < 1.29 is 19.1 Å². The van der Waals surface area contributed by atoms with Gasteiger partial charge in [0.1, 0.15) is 17.1 Å². The van der Waals surface area contributed by atoms with Crippen molar-refractivity contribution in [1.82, 2.24) is 9.88 Å². The standard InChI is InChI=1S/C24H27ClN4O4/c1-29(2)17-7-4-15(5-8-17)23(31)28-21-18-11-14(13-30)3-9-19(18)33-22(21)24(32)27-20-10-6-16(25)12-26-20/h3,6,9-12,15,17,30H,4-5,7-8,13H2,1-2H3,(H,28,31)(H,26,27,32)/t15-,17-. The Morgan fingerprint density at radius 3 is 2.55 bits per heavy atom. The molecule has 0 spiro atoms. The molecule has 2 aromatic heterocycles. The molecule has 4 rings (SSSR count). The number of aliphatic hydroxyl groups excluding tert-OH is 1. The summed E-state index contributed by atoms with van der Waals surface area (Å²) in [5.41, 5.74) is 1.39. The van der Waals surface area contributed by atoms with Gasteiger partial charge in [-0.1, -0.05) is 17.7 Å². The molecule has 3 N–H and O–H groups in total. The van der Waals surface area contributed by atoms with Crippen LogP contribution in [0.15, 0.2) is 40.9 Å². The molecule has 3 aromatic rings. The van der Waals surface area contributed by atoms with Crippen molar-refractivity contribution in [3.05, 3.63) is 52.9 Å². The molecule has 1 aromatic carbocycles. The van der Waals surface area contributed by atoms with Crippen molar-refractivity contribution in [3.63, 3.8) is 0 Å². The number of nitrogens with one attached hydrogen (secondary N) is 2. The van der Waals surface area contributed by atoms with E-state index in [1.54, 1.807) is 30.3 Å². The third kappa shape index (κ3) is 5.19. The zero-order valence-electron chi connectivity index (χ0n) is 18.6. The minimum atomic E-state index is -0.543. The molecule has 1 fully saturated rings. The molecule has 1 aliphatic rings. The molecule has 2 heterocycles. The summed E-state index contributed by atoms with van der Waals surface area (Å²) in [4.78, 5) is 32.4. The van der Waals surface area contributed by atoms with E-state index in [0.29, 0.717) is 39.1 Å². The number of aromatic nitrogens is 1. The average molecular weight is 471 g/mol. The molecular formula is C24H27ClN4O4. The third-order valence-corrected chi connectivity index (χ3v) is 6.38. The van der Waals surface area contributed by atoms with Crippen LogP contribution in [0.25, 0.3) is 11.0 Å². The number of carbonyl (C=O) groups excluding carboxylic acids is 2. The molecule has 0 radical (unpaired) electrons. The quantitative estimate of drug-likeness (QED) is 0.496. The highest BCUT2D eigenvalue weighted by atomic mass is 35.5.